The van der Waals surface area contributed by atoms with Gasteiger partial charge in [-0.15, -0.1) is 0 Å². The van der Waals surface area contributed by atoms with Crippen molar-refractivity contribution in [2.45, 2.75) is 65.2 Å². The first-order valence-electron chi connectivity index (χ1n) is 12.0. The van der Waals surface area contributed by atoms with Crippen molar-refractivity contribution in [3.05, 3.63) is 12.2 Å². The molecule has 0 aromatic rings. The van der Waals surface area contributed by atoms with Crippen LogP contribution in [0.5, 0.6) is 0 Å². The second-order valence-corrected chi connectivity index (χ2v) is 7.34. The van der Waals surface area contributed by atoms with E-state index >= 15 is 0 Å². The van der Waals surface area contributed by atoms with Crippen LogP contribution in [-0.4, -0.2) is 76.7 Å². The van der Waals surface area contributed by atoms with E-state index in [1.165, 1.54) is 0 Å². The van der Waals surface area contributed by atoms with Gasteiger partial charge in [0.1, 0.15) is 13.2 Å². The van der Waals surface area contributed by atoms with Crippen molar-refractivity contribution in [3.8, 4) is 0 Å². The van der Waals surface area contributed by atoms with E-state index in [9.17, 15) is 19.2 Å². The third-order valence-corrected chi connectivity index (χ3v) is 4.29. The highest BCUT2D eigenvalue weighted by Gasteiger charge is 2.09. The van der Waals surface area contributed by atoms with Crippen LogP contribution < -0.4 is 0 Å². The van der Waals surface area contributed by atoms with Crippen molar-refractivity contribution in [1.82, 2.24) is 0 Å². The van der Waals surface area contributed by atoms with Crippen LogP contribution in [0.4, 0.5) is 0 Å². The maximum atomic E-state index is 11.5. The molecule has 0 saturated carbocycles. The molecule has 10 nitrogen and oxygen atoms in total. The van der Waals surface area contributed by atoms with Crippen LogP contribution >= 0.6 is 0 Å². The molecule has 0 unspecified atom stereocenters. The number of hydrogen-bond acceptors (Lipinski definition) is 10. The van der Waals surface area contributed by atoms with E-state index < -0.39 is 37.1 Å². The van der Waals surface area contributed by atoms with Crippen LogP contribution in [-0.2, 0) is 47.6 Å². The Morgan fingerprint density at radius 2 is 0.912 bits per heavy atom. The predicted molar refractivity (Wildman–Crippen MR) is 123 cm³/mol. The molecule has 0 N–H and O–H groups in total. The molecule has 0 fully saturated rings. The minimum Gasteiger partial charge on any atom is -0.461 e. The van der Waals surface area contributed by atoms with Crippen molar-refractivity contribution in [2.24, 2.45) is 0 Å². The predicted octanol–water partition coefficient (Wildman–Crippen LogP) is 2.91. The van der Waals surface area contributed by atoms with Crippen LogP contribution in [0.2, 0.25) is 0 Å². The third kappa shape index (κ3) is 22.7. The molecule has 0 bridgehead atoms. The molecule has 10 heteroatoms. The smallest absolute Gasteiger partial charge is 0.344 e. The van der Waals surface area contributed by atoms with Crippen molar-refractivity contribution in [3.63, 3.8) is 0 Å². The molecule has 0 aromatic carbocycles. The molecular weight excluding hydrogens is 448 g/mol. The lowest BCUT2D eigenvalue weighted by atomic mass is 10.2. The minimum absolute atomic E-state index is 0.0630. The van der Waals surface area contributed by atoms with Crippen LogP contribution in [0.25, 0.3) is 0 Å². The van der Waals surface area contributed by atoms with Crippen molar-refractivity contribution in [1.29, 1.82) is 0 Å². The monoisotopic (exact) mass is 488 g/mol. The molecule has 196 valence electrons. The SMILES string of the molecule is CCCCCCOCCOC(=O)COC(=O)/C=C/C(=O)OCC(=O)OCCOCCCCCC. The highest BCUT2D eigenvalue weighted by molar-refractivity contribution is 5.93. The molecule has 0 saturated heterocycles. The van der Waals surface area contributed by atoms with Gasteiger partial charge in [0.2, 0.25) is 0 Å². The summed E-state index contributed by atoms with van der Waals surface area (Å²) < 4.78 is 29.7. The van der Waals surface area contributed by atoms with Gasteiger partial charge >= 0.3 is 23.9 Å². The van der Waals surface area contributed by atoms with E-state index in [-0.39, 0.29) is 26.4 Å². The van der Waals surface area contributed by atoms with Crippen molar-refractivity contribution >= 4 is 23.9 Å². The topological polar surface area (TPSA) is 124 Å². The maximum Gasteiger partial charge on any atom is 0.344 e. The van der Waals surface area contributed by atoms with E-state index in [1.54, 1.807) is 0 Å². The van der Waals surface area contributed by atoms with Crippen LogP contribution in [0.3, 0.4) is 0 Å². The molecule has 0 rings (SSSR count). The normalized spacial score (nSPS) is 10.8. The summed E-state index contributed by atoms with van der Waals surface area (Å²) in [7, 11) is 0. The Labute approximate surface area is 202 Å². The Morgan fingerprint density at radius 1 is 0.500 bits per heavy atom. The first kappa shape index (κ1) is 31.5. The molecule has 0 aliphatic carbocycles. The Balaban J connectivity index is 3.69. The number of carbonyl (C=O) groups is 4. The Hall–Kier alpha value is -2.46. The summed E-state index contributed by atoms with van der Waals surface area (Å²) in [4.78, 5) is 46.0. The fourth-order valence-electron chi connectivity index (χ4n) is 2.47. The van der Waals surface area contributed by atoms with Gasteiger partial charge in [-0.3, -0.25) is 0 Å². The summed E-state index contributed by atoms with van der Waals surface area (Å²) >= 11 is 0. The molecular formula is C24H40O10. The molecule has 34 heavy (non-hydrogen) atoms. The second-order valence-electron chi connectivity index (χ2n) is 7.34. The van der Waals surface area contributed by atoms with E-state index in [4.69, 9.17) is 18.9 Å². The van der Waals surface area contributed by atoms with Crippen LogP contribution in [0.1, 0.15) is 65.2 Å². The van der Waals surface area contributed by atoms with E-state index in [2.05, 4.69) is 23.3 Å². The van der Waals surface area contributed by atoms with Crippen molar-refractivity contribution in [2.75, 3.05) is 52.9 Å². The van der Waals surface area contributed by atoms with Crippen LogP contribution in [0, 0.1) is 0 Å². The summed E-state index contributed by atoms with van der Waals surface area (Å²) in [6.07, 6.45) is 10.3. The highest BCUT2D eigenvalue weighted by atomic mass is 16.6. The number of unbranched alkanes of at least 4 members (excludes halogenated alkanes) is 6. The number of carbonyl (C=O) groups excluding carboxylic acids is 4. The summed E-state index contributed by atoms with van der Waals surface area (Å²) in [6.45, 7) is 4.95. The molecule has 0 radical (unpaired) electrons. The Morgan fingerprint density at radius 3 is 1.29 bits per heavy atom. The number of esters is 4. The zero-order valence-electron chi connectivity index (χ0n) is 20.6. The van der Waals surface area contributed by atoms with E-state index in [0.29, 0.717) is 13.2 Å². The molecule has 0 atom stereocenters. The summed E-state index contributed by atoms with van der Waals surface area (Å²) in [5, 5.41) is 0. The zero-order valence-corrected chi connectivity index (χ0v) is 20.6. The van der Waals surface area contributed by atoms with E-state index in [0.717, 1.165) is 63.5 Å². The average Bonchev–Trinajstić information content (AvgIpc) is 2.83. The van der Waals surface area contributed by atoms with Gasteiger partial charge in [0, 0.05) is 25.4 Å². The fourth-order valence-corrected chi connectivity index (χ4v) is 2.47. The van der Waals surface area contributed by atoms with Crippen molar-refractivity contribution < 1.29 is 47.6 Å². The van der Waals surface area contributed by atoms with Gasteiger partial charge < -0.3 is 28.4 Å². The number of hydrogen-bond donors (Lipinski definition) is 0. The number of rotatable bonds is 22. The summed E-state index contributed by atoms with van der Waals surface area (Å²) in [5.74, 6) is -3.32. The molecule has 0 aliphatic rings. The quantitative estimate of drug-likeness (QED) is 0.0972. The first-order chi connectivity index (χ1) is 16.5. The van der Waals surface area contributed by atoms with Gasteiger partial charge in [-0.05, 0) is 12.8 Å². The minimum atomic E-state index is -0.931. The lowest BCUT2D eigenvalue weighted by Gasteiger charge is -2.06. The Kier molecular flexibility index (Phi) is 22.0. The largest absolute Gasteiger partial charge is 0.461 e. The van der Waals surface area contributed by atoms with Gasteiger partial charge in [-0.2, -0.15) is 0 Å². The molecule has 0 heterocycles. The highest BCUT2D eigenvalue weighted by Crippen LogP contribution is 1.99. The van der Waals surface area contributed by atoms with Gasteiger partial charge in [0.25, 0.3) is 0 Å². The van der Waals surface area contributed by atoms with Gasteiger partial charge in [0.15, 0.2) is 13.2 Å². The standard InChI is InChI=1S/C24H40O10/c1-3-5-7-9-13-29-15-17-31-23(27)19-33-21(25)11-12-22(26)34-20-24(28)32-18-16-30-14-10-8-6-4-2/h11-12H,3-10,13-20H2,1-2H3/b12-11+. The second kappa shape index (κ2) is 23.7. The zero-order chi connectivity index (χ0) is 25.3. The fraction of sp³-hybridized carbons (Fsp3) is 0.750. The molecule has 0 amide bonds. The molecule has 0 aliphatic heterocycles. The van der Waals surface area contributed by atoms with Gasteiger partial charge in [-0.1, -0.05) is 52.4 Å². The lowest BCUT2D eigenvalue weighted by Crippen LogP contribution is -2.19. The van der Waals surface area contributed by atoms with Gasteiger partial charge in [0.05, 0.1) is 13.2 Å². The average molecular weight is 489 g/mol. The summed E-state index contributed by atoms with van der Waals surface area (Å²) in [5.41, 5.74) is 0. The van der Waals surface area contributed by atoms with Gasteiger partial charge in [-0.25, -0.2) is 19.2 Å². The molecule has 0 spiro atoms. The van der Waals surface area contributed by atoms with Crippen LogP contribution in [0.15, 0.2) is 12.2 Å². The first-order valence-corrected chi connectivity index (χ1v) is 12.0. The maximum absolute atomic E-state index is 11.5. The Bertz CT molecular complexity index is 538. The van der Waals surface area contributed by atoms with E-state index in [1.807, 2.05) is 0 Å². The lowest BCUT2D eigenvalue weighted by molar-refractivity contribution is -0.157. The molecule has 0 aromatic heterocycles. The third-order valence-electron chi connectivity index (χ3n) is 4.29. The number of ether oxygens (including phenoxy) is 6. The summed E-state index contributed by atoms with van der Waals surface area (Å²) in [6, 6.07) is 0.